The van der Waals surface area contributed by atoms with E-state index in [-0.39, 0.29) is 25.2 Å². The first-order valence-corrected chi connectivity index (χ1v) is 24.3. The maximum Gasteiger partial charge on any atom is 0.407 e. The van der Waals surface area contributed by atoms with E-state index in [0.29, 0.717) is 37.6 Å². The van der Waals surface area contributed by atoms with Crippen LogP contribution in [0.5, 0.6) is 11.5 Å². The lowest BCUT2D eigenvalue weighted by Gasteiger charge is -2.37. The van der Waals surface area contributed by atoms with Crippen molar-refractivity contribution in [2.75, 3.05) is 61.3 Å². The third-order valence-electron chi connectivity index (χ3n) is 11.4. The normalized spacial score (nSPS) is 14.1. The van der Waals surface area contributed by atoms with Crippen LogP contribution in [-0.2, 0) is 45.5 Å². The van der Waals surface area contributed by atoms with Gasteiger partial charge in [0.1, 0.15) is 29.7 Å². The first kappa shape index (κ1) is 48.3. The van der Waals surface area contributed by atoms with E-state index in [0.717, 1.165) is 58.2 Å². The molecule has 0 heterocycles. The summed E-state index contributed by atoms with van der Waals surface area (Å²) >= 11 is 5.68. The molecule has 3 N–H and O–H groups in total. The quantitative estimate of drug-likeness (QED) is 0.0294. The molecule has 64 heavy (non-hydrogen) atoms. The summed E-state index contributed by atoms with van der Waals surface area (Å²) in [6.07, 6.45) is 2.08. The Morgan fingerprint density at radius 2 is 1.23 bits per heavy atom. The zero-order chi connectivity index (χ0) is 45.4. The smallest absolute Gasteiger partial charge is 0.407 e. The molecule has 0 radical (unpaired) electrons. The molecule has 5 aromatic rings. The molecule has 0 aliphatic heterocycles. The van der Waals surface area contributed by atoms with Gasteiger partial charge in [0.15, 0.2) is 0 Å². The van der Waals surface area contributed by atoms with Gasteiger partial charge in [0.25, 0.3) is 6.64 Å². The molecule has 6 rings (SSSR count). The highest BCUT2D eigenvalue weighted by Crippen LogP contribution is 2.46. The van der Waals surface area contributed by atoms with Crippen molar-refractivity contribution in [1.82, 2.24) is 15.7 Å². The highest BCUT2D eigenvalue weighted by atomic mass is 32.5. The maximum absolute atomic E-state index is 14.2. The fraction of sp³-hybridized carbons (Fsp3) is 0.360. The van der Waals surface area contributed by atoms with E-state index in [1.165, 1.54) is 0 Å². The summed E-state index contributed by atoms with van der Waals surface area (Å²) in [5.41, 5.74) is 5.55. The number of nitrogens with one attached hydrogen (secondary N) is 3. The Hall–Kier alpha value is -5.11. The molecule has 5 aromatic carbocycles. The Labute approximate surface area is 382 Å². The predicted molar refractivity (Wildman–Crippen MR) is 253 cm³/mol. The molecule has 3 atom stereocenters. The van der Waals surface area contributed by atoms with Gasteiger partial charge in [-0.15, -0.1) is 0 Å². The van der Waals surface area contributed by atoms with Crippen molar-refractivity contribution < 1.29 is 42.3 Å². The standard InChI is InChI=1S/C50H60N3O9PS/c1-6-39(33-56-2)62-63(64,59-5)52-32-16-8-15-31-51-48(54)47(53-49(55)60-34-46-44-21-13-11-19-42(44)43-20-12-14-22-45(43)46)35-61-50(36-17-9-7-10-18-36,37-23-27-40(57-3)28-24-37)38-25-29-41(58-4)30-26-38/h7,9-14,17-30,39,46-47H,6,8,15-16,31-35H2,1-5H3,(H,51,54)(H,52,64)(H,53,55). The van der Waals surface area contributed by atoms with Gasteiger partial charge < -0.3 is 43.4 Å². The van der Waals surface area contributed by atoms with Gasteiger partial charge >= 0.3 is 6.09 Å². The fourth-order valence-corrected chi connectivity index (χ4v) is 9.94. The van der Waals surface area contributed by atoms with Crippen LogP contribution in [0.1, 0.15) is 66.3 Å². The van der Waals surface area contributed by atoms with E-state index in [9.17, 15) is 9.59 Å². The van der Waals surface area contributed by atoms with Gasteiger partial charge in [-0.25, -0.2) is 9.88 Å². The molecular weight excluding hydrogens is 850 g/mol. The topological polar surface area (TPSA) is 135 Å². The minimum Gasteiger partial charge on any atom is -0.497 e. The number of hydrogen-bond donors (Lipinski definition) is 3. The number of hydrogen-bond acceptors (Lipinski definition) is 10. The van der Waals surface area contributed by atoms with Crippen molar-refractivity contribution >= 4 is 30.4 Å². The number of fused-ring (bicyclic) bond motifs is 3. The molecule has 0 fully saturated rings. The van der Waals surface area contributed by atoms with Crippen LogP contribution in [0.4, 0.5) is 4.79 Å². The van der Waals surface area contributed by atoms with Crippen molar-refractivity contribution in [3.8, 4) is 22.6 Å². The van der Waals surface area contributed by atoms with Gasteiger partial charge in [-0.05, 0) is 94.3 Å². The zero-order valence-electron chi connectivity index (χ0n) is 37.3. The average Bonchev–Trinajstić information content (AvgIpc) is 3.66. The van der Waals surface area contributed by atoms with Crippen molar-refractivity contribution in [1.29, 1.82) is 0 Å². The first-order valence-electron chi connectivity index (χ1n) is 21.6. The van der Waals surface area contributed by atoms with E-state index in [2.05, 4.69) is 40.0 Å². The summed E-state index contributed by atoms with van der Waals surface area (Å²) in [6.45, 7) is 0.575. The molecule has 0 saturated carbocycles. The van der Waals surface area contributed by atoms with Gasteiger partial charge in [0.05, 0.1) is 33.5 Å². The van der Waals surface area contributed by atoms with Crippen LogP contribution in [0, 0.1) is 0 Å². The van der Waals surface area contributed by atoms with Gasteiger partial charge in [0, 0.05) is 33.2 Å². The van der Waals surface area contributed by atoms with Crippen molar-refractivity contribution in [2.45, 2.75) is 56.3 Å². The molecule has 1 aliphatic carbocycles. The van der Waals surface area contributed by atoms with Gasteiger partial charge in [-0.3, -0.25) is 4.79 Å². The Morgan fingerprint density at radius 1 is 0.688 bits per heavy atom. The Kier molecular flexibility index (Phi) is 17.9. The molecule has 0 saturated heterocycles. The number of amides is 2. The molecule has 340 valence electrons. The largest absolute Gasteiger partial charge is 0.497 e. The number of benzene rings is 5. The Morgan fingerprint density at radius 3 is 1.78 bits per heavy atom. The summed E-state index contributed by atoms with van der Waals surface area (Å²) in [5, 5.41) is 9.20. The van der Waals surface area contributed by atoms with Gasteiger partial charge in [-0.2, -0.15) is 0 Å². The summed E-state index contributed by atoms with van der Waals surface area (Å²) in [7, 11) is 6.41. The second-order valence-electron chi connectivity index (χ2n) is 15.4. The van der Waals surface area contributed by atoms with E-state index < -0.39 is 30.3 Å². The lowest BCUT2D eigenvalue weighted by molar-refractivity contribution is -0.126. The van der Waals surface area contributed by atoms with Crippen molar-refractivity contribution in [3.05, 3.63) is 155 Å². The number of methoxy groups -OCH3 is 3. The highest BCUT2D eigenvalue weighted by molar-refractivity contribution is 8.08. The number of ether oxygens (including phenoxy) is 5. The van der Waals surface area contributed by atoms with Crippen LogP contribution in [0.15, 0.2) is 127 Å². The predicted octanol–water partition coefficient (Wildman–Crippen LogP) is 9.11. The molecule has 14 heteroatoms. The van der Waals surface area contributed by atoms with E-state index in [4.69, 9.17) is 44.5 Å². The lowest BCUT2D eigenvalue weighted by Crippen LogP contribution is -2.51. The summed E-state index contributed by atoms with van der Waals surface area (Å²) in [6, 6.07) is 40.2. The molecule has 0 bridgehead atoms. The van der Waals surface area contributed by atoms with Crippen molar-refractivity contribution in [3.63, 3.8) is 0 Å². The van der Waals surface area contributed by atoms with E-state index >= 15 is 0 Å². The van der Waals surface area contributed by atoms with Gasteiger partial charge in [-0.1, -0.05) is 116 Å². The third-order valence-corrected chi connectivity index (χ3v) is 14.1. The number of rotatable bonds is 25. The van der Waals surface area contributed by atoms with Crippen LogP contribution < -0.4 is 25.2 Å². The zero-order valence-corrected chi connectivity index (χ0v) is 39.0. The molecule has 0 spiro atoms. The second-order valence-corrected chi connectivity index (χ2v) is 18.7. The lowest BCUT2D eigenvalue weighted by atomic mass is 9.80. The first-order chi connectivity index (χ1) is 31.2. The second kappa shape index (κ2) is 23.7. The summed E-state index contributed by atoms with van der Waals surface area (Å²) < 4.78 is 41.0. The third kappa shape index (κ3) is 12.0. The number of unbranched alkanes of at least 4 members (excludes halogenated alkanes) is 2. The van der Waals surface area contributed by atoms with E-state index in [1.807, 2.05) is 110 Å². The van der Waals surface area contributed by atoms with Crippen LogP contribution in [-0.4, -0.2) is 85.5 Å². The molecule has 1 aliphatic rings. The van der Waals surface area contributed by atoms with E-state index in [1.54, 1.807) is 28.4 Å². The molecule has 3 unspecified atom stereocenters. The highest BCUT2D eigenvalue weighted by Gasteiger charge is 2.40. The fourth-order valence-electron chi connectivity index (χ4n) is 7.98. The minimum absolute atomic E-state index is 0.0855. The molecule has 0 aromatic heterocycles. The minimum atomic E-state index is -2.69. The van der Waals surface area contributed by atoms with Crippen molar-refractivity contribution in [2.24, 2.45) is 0 Å². The Balaban J connectivity index is 1.20. The maximum atomic E-state index is 14.2. The molecule has 2 amide bonds. The monoisotopic (exact) mass is 909 g/mol. The summed E-state index contributed by atoms with van der Waals surface area (Å²) in [5.74, 6) is 0.781. The van der Waals surface area contributed by atoms with Gasteiger partial charge in [0.2, 0.25) is 5.91 Å². The molecule has 12 nitrogen and oxygen atoms in total. The average molecular weight is 910 g/mol. The number of alkyl carbamates (subject to hydrolysis) is 1. The van der Waals surface area contributed by atoms with Crippen LogP contribution in [0.25, 0.3) is 11.1 Å². The van der Waals surface area contributed by atoms with Crippen LogP contribution in [0.2, 0.25) is 0 Å². The van der Waals surface area contributed by atoms with Crippen LogP contribution >= 0.6 is 6.64 Å². The molecular formula is C50H60N3O9PS. The van der Waals surface area contributed by atoms with Crippen LogP contribution in [0.3, 0.4) is 0 Å². The SMILES string of the molecule is CCC(COC)OP(=S)(NCCCCCNC(=O)C(COC(c1ccccc1)(c1ccc(OC)cc1)c1ccc(OC)cc1)NC(=O)OCC1c2ccccc2-c2ccccc21)OC. The Bertz CT molecular complexity index is 2210. The summed E-state index contributed by atoms with van der Waals surface area (Å²) in [4.78, 5) is 28.1. The number of carbonyl (C=O) groups excluding carboxylic acids is 2. The number of carbonyl (C=O) groups is 2.